The SMILES string of the molecule is CN(C(=O)c1cc(F)cc(F)c1)c1ccccc1C(=O)O. The number of para-hydroxylation sites is 1. The van der Waals surface area contributed by atoms with Gasteiger partial charge in [0.2, 0.25) is 0 Å². The number of aromatic carboxylic acids is 1. The molecule has 0 fully saturated rings. The van der Waals surface area contributed by atoms with Crippen LogP contribution in [0.2, 0.25) is 0 Å². The van der Waals surface area contributed by atoms with E-state index in [9.17, 15) is 18.4 Å². The highest BCUT2D eigenvalue weighted by Gasteiger charge is 2.20. The van der Waals surface area contributed by atoms with Gasteiger partial charge in [0.25, 0.3) is 5.91 Å². The lowest BCUT2D eigenvalue weighted by molar-refractivity contribution is 0.0697. The number of anilines is 1. The van der Waals surface area contributed by atoms with Crippen LogP contribution in [0.1, 0.15) is 20.7 Å². The first kappa shape index (κ1) is 14.6. The molecule has 21 heavy (non-hydrogen) atoms. The molecule has 0 bridgehead atoms. The predicted molar refractivity (Wildman–Crippen MR) is 72.5 cm³/mol. The first-order valence-electron chi connectivity index (χ1n) is 5.96. The fourth-order valence-electron chi connectivity index (χ4n) is 1.93. The van der Waals surface area contributed by atoms with Crippen molar-refractivity contribution < 1.29 is 23.5 Å². The summed E-state index contributed by atoms with van der Waals surface area (Å²) in [5.41, 5.74) is -0.139. The van der Waals surface area contributed by atoms with Crippen LogP contribution in [0, 0.1) is 11.6 Å². The van der Waals surface area contributed by atoms with Gasteiger partial charge in [-0.1, -0.05) is 12.1 Å². The van der Waals surface area contributed by atoms with Gasteiger partial charge in [-0.2, -0.15) is 0 Å². The minimum absolute atomic E-state index is 0.0785. The van der Waals surface area contributed by atoms with E-state index in [0.29, 0.717) is 6.07 Å². The highest BCUT2D eigenvalue weighted by Crippen LogP contribution is 2.21. The van der Waals surface area contributed by atoms with Gasteiger partial charge in [-0.3, -0.25) is 4.79 Å². The molecule has 0 aliphatic heterocycles. The third kappa shape index (κ3) is 3.05. The average molecular weight is 291 g/mol. The minimum atomic E-state index is -1.20. The number of halogens is 2. The Bertz CT molecular complexity index is 696. The van der Waals surface area contributed by atoms with Crippen molar-refractivity contribution >= 4 is 17.6 Å². The van der Waals surface area contributed by atoms with E-state index in [0.717, 1.165) is 17.0 Å². The van der Waals surface area contributed by atoms with E-state index in [2.05, 4.69) is 0 Å². The van der Waals surface area contributed by atoms with Crippen molar-refractivity contribution in [1.82, 2.24) is 0 Å². The van der Waals surface area contributed by atoms with Crippen LogP contribution in [0.5, 0.6) is 0 Å². The summed E-state index contributed by atoms with van der Waals surface area (Å²) in [6, 6.07) is 8.31. The van der Waals surface area contributed by atoms with Crippen LogP contribution >= 0.6 is 0 Å². The summed E-state index contributed by atoms with van der Waals surface area (Å²) in [5, 5.41) is 9.10. The molecular weight excluding hydrogens is 280 g/mol. The maximum absolute atomic E-state index is 13.2. The van der Waals surface area contributed by atoms with Crippen molar-refractivity contribution in [3.05, 3.63) is 65.2 Å². The number of carbonyl (C=O) groups is 2. The number of nitrogens with zero attached hydrogens (tertiary/aromatic N) is 1. The molecule has 0 unspecified atom stereocenters. The zero-order valence-electron chi connectivity index (χ0n) is 11.0. The molecule has 0 saturated heterocycles. The van der Waals surface area contributed by atoms with Crippen LogP contribution in [-0.2, 0) is 0 Å². The van der Waals surface area contributed by atoms with Crippen molar-refractivity contribution in [2.75, 3.05) is 11.9 Å². The van der Waals surface area contributed by atoms with Gasteiger partial charge in [0.05, 0.1) is 11.3 Å². The fraction of sp³-hybridized carbons (Fsp3) is 0.0667. The van der Waals surface area contributed by atoms with Gasteiger partial charge in [-0.25, -0.2) is 13.6 Å². The van der Waals surface area contributed by atoms with Gasteiger partial charge in [-0.05, 0) is 24.3 Å². The first-order valence-corrected chi connectivity index (χ1v) is 5.96. The zero-order valence-corrected chi connectivity index (χ0v) is 11.0. The largest absolute Gasteiger partial charge is 0.478 e. The third-order valence-corrected chi connectivity index (χ3v) is 2.91. The number of carbonyl (C=O) groups excluding carboxylic acids is 1. The molecule has 108 valence electrons. The molecule has 0 aliphatic rings. The molecule has 0 aliphatic carbocycles. The van der Waals surface area contributed by atoms with Gasteiger partial charge in [-0.15, -0.1) is 0 Å². The molecule has 1 amide bonds. The number of hydrogen-bond acceptors (Lipinski definition) is 2. The van der Waals surface area contributed by atoms with Gasteiger partial charge in [0.15, 0.2) is 0 Å². The summed E-state index contributed by atoms with van der Waals surface area (Å²) in [4.78, 5) is 24.4. The molecule has 2 aromatic carbocycles. The van der Waals surface area contributed by atoms with Crippen LogP contribution in [-0.4, -0.2) is 24.0 Å². The molecule has 1 N–H and O–H groups in total. The molecule has 0 atom stereocenters. The van der Waals surface area contributed by atoms with Crippen LogP contribution in [0.25, 0.3) is 0 Å². The lowest BCUT2D eigenvalue weighted by Gasteiger charge is -2.19. The Morgan fingerprint density at radius 1 is 1.05 bits per heavy atom. The number of hydrogen-bond donors (Lipinski definition) is 1. The Labute approximate surface area is 119 Å². The Kier molecular flexibility index (Phi) is 3.98. The van der Waals surface area contributed by atoms with Crippen molar-refractivity contribution in [2.24, 2.45) is 0 Å². The third-order valence-electron chi connectivity index (χ3n) is 2.91. The van der Waals surface area contributed by atoms with Gasteiger partial charge in [0, 0.05) is 18.7 Å². The Balaban J connectivity index is 2.42. The highest BCUT2D eigenvalue weighted by atomic mass is 19.1. The summed E-state index contributed by atoms with van der Waals surface area (Å²) in [6.45, 7) is 0. The number of carboxylic acids is 1. The van der Waals surface area contributed by atoms with E-state index in [4.69, 9.17) is 5.11 Å². The molecule has 0 saturated carbocycles. The second-order valence-corrected chi connectivity index (χ2v) is 4.34. The molecule has 0 heterocycles. The number of carboxylic acid groups (broad SMARTS) is 1. The summed E-state index contributed by atoms with van der Waals surface area (Å²) in [6.07, 6.45) is 0. The number of amides is 1. The van der Waals surface area contributed by atoms with E-state index >= 15 is 0 Å². The summed E-state index contributed by atoms with van der Waals surface area (Å²) in [7, 11) is 1.34. The molecular formula is C15H11F2NO3. The fourth-order valence-corrected chi connectivity index (χ4v) is 1.93. The van der Waals surface area contributed by atoms with Crippen LogP contribution in [0.3, 0.4) is 0 Å². The van der Waals surface area contributed by atoms with Crippen molar-refractivity contribution in [3.63, 3.8) is 0 Å². The maximum atomic E-state index is 13.2. The predicted octanol–water partition coefficient (Wildman–Crippen LogP) is 2.94. The Hall–Kier alpha value is -2.76. The van der Waals surface area contributed by atoms with Crippen molar-refractivity contribution in [1.29, 1.82) is 0 Å². The molecule has 0 aromatic heterocycles. The Morgan fingerprint density at radius 2 is 1.62 bits per heavy atom. The van der Waals surface area contributed by atoms with Crippen LogP contribution in [0.4, 0.5) is 14.5 Å². The molecule has 2 rings (SSSR count). The molecule has 0 radical (unpaired) electrons. The van der Waals surface area contributed by atoms with Crippen LogP contribution in [0.15, 0.2) is 42.5 Å². The standard InChI is InChI=1S/C15H11F2NO3/c1-18(13-5-3-2-4-12(13)15(20)21)14(19)9-6-10(16)8-11(17)7-9/h2-8H,1H3,(H,20,21). The topological polar surface area (TPSA) is 57.6 Å². The normalized spacial score (nSPS) is 10.2. The Morgan fingerprint density at radius 3 is 2.19 bits per heavy atom. The van der Waals surface area contributed by atoms with Gasteiger partial charge >= 0.3 is 5.97 Å². The zero-order chi connectivity index (χ0) is 15.6. The van der Waals surface area contributed by atoms with E-state index < -0.39 is 23.5 Å². The number of rotatable bonds is 3. The van der Waals surface area contributed by atoms with E-state index in [-0.39, 0.29) is 16.8 Å². The smallest absolute Gasteiger partial charge is 0.337 e. The summed E-state index contributed by atoms with van der Waals surface area (Å²) in [5.74, 6) is -3.66. The van der Waals surface area contributed by atoms with E-state index in [1.54, 1.807) is 6.07 Å². The van der Waals surface area contributed by atoms with E-state index in [1.165, 1.54) is 25.2 Å². The number of benzene rings is 2. The second kappa shape index (κ2) is 5.70. The molecule has 0 spiro atoms. The van der Waals surface area contributed by atoms with Gasteiger partial charge < -0.3 is 10.0 Å². The lowest BCUT2D eigenvalue weighted by Crippen LogP contribution is -2.28. The first-order chi connectivity index (χ1) is 9.90. The molecule has 6 heteroatoms. The molecule has 2 aromatic rings. The second-order valence-electron chi connectivity index (χ2n) is 4.34. The summed E-state index contributed by atoms with van der Waals surface area (Å²) >= 11 is 0. The van der Waals surface area contributed by atoms with Crippen molar-refractivity contribution in [3.8, 4) is 0 Å². The maximum Gasteiger partial charge on any atom is 0.337 e. The van der Waals surface area contributed by atoms with Crippen molar-refractivity contribution in [2.45, 2.75) is 0 Å². The highest BCUT2D eigenvalue weighted by molar-refractivity contribution is 6.09. The quantitative estimate of drug-likeness (QED) is 0.946. The molecule has 4 nitrogen and oxygen atoms in total. The monoisotopic (exact) mass is 291 g/mol. The minimum Gasteiger partial charge on any atom is -0.478 e. The summed E-state index contributed by atoms with van der Waals surface area (Å²) < 4.78 is 26.3. The van der Waals surface area contributed by atoms with Gasteiger partial charge in [0.1, 0.15) is 11.6 Å². The lowest BCUT2D eigenvalue weighted by atomic mass is 10.1. The van der Waals surface area contributed by atoms with E-state index in [1.807, 2.05) is 0 Å². The van der Waals surface area contributed by atoms with Crippen LogP contribution < -0.4 is 4.90 Å². The average Bonchev–Trinajstić information content (AvgIpc) is 2.44.